The minimum absolute atomic E-state index is 0.699. The second-order valence-corrected chi connectivity index (χ2v) is 5.74. The number of nitrogens with zero attached hydrogens (tertiary/aromatic N) is 1. The standard InChI is InChI=1S/C13H13Br2N3/c1-8-9(3-2-4-12(8)16)6-17-13-11(15)5-10(14)7-18-13/h2-5,7H,6,16H2,1H3,(H,17,18). The van der Waals surface area contributed by atoms with Gasteiger partial charge >= 0.3 is 0 Å². The lowest BCUT2D eigenvalue weighted by atomic mass is 10.1. The first-order valence-electron chi connectivity index (χ1n) is 5.47. The summed E-state index contributed by atoms with van der Waals surface area (Å²) in [5.74, 6) is 0.819. The molecule has 1 heterocycles. The summed E-state index contributed by atoms with van der Waals surface area (Å²) in [6, 6.07) is 7.89. The minimum Gasteiger partial charge on any atom is -0.399 e. The molecule has 18 heavy (non-hydrogen) atoms. The Kier molecular flexibility index (Phi) is 4.24. The van der Waals surface area contributed by atoms with E-state index in [2.05, 4.69) is 48.2 Å². The fraction of sp³-hybridized carbons (Fsp3) is 0.154. The van der Waals surface area contributed by atoms with Crippen LogP contribution in [0.3, 0.4) is 0 Å². The molecule has 0 aliphatic carbocycles. The molecule has 0 saturated heterocycles. The van der Waals surface area contributed by atoms with E-state index in [1.165, 1.54) is 5.56 Å². The first kappa shape index (κ1) is 13.4. The van der Waals surface area contributed by atoms with E-state index in [9.17, 15) is 0 Å². The zero-order valence-electron chi connectivity index (χ0n) is 9.87. The Labute approximate surface area is 123 Å². The quantitative estimate of drug-likeness (QED) is 0.799. The Balaban J connectivity index is 2.14. The molecule has 3 N–H and O–H groups in total. The number of hydrogen-bond donors (Lipinski definition) is 2. The Hall–Kier alpha value is -1.07. The van der Waals surface area contributed by atoms with Gasteiger partial charge in [-0.1, -0.05) is 12.1 Å². The molecule has 3 nitrogen and oxygen atoms in total. The van der Waals surface area contributed by atoms with Gasteiger partial charge in [-0.2, -0.15) is 0 Å². The molecule has 0 aliphatic rings. The van der Waals surface area contributed by atoms with Gasteiger partial charge in [-0.15, -0.1) is 0 Å². The SMILES string of the molecule is Cc1c(N)cccc1CNc1ncc(Br)cc1Br. The van der Waals surface area contributed by atoms with Gasteiger partial charge in [0.15, 0.2) is 0 Å². The van der Waals surface area contributed by atoms with E-state index in [-0.39, 0.29) is 0 Å². The van der Waals surface area contributed by atoms with E-state index >= 15 is 0 Å². The molecule has 1 aromatic carbocycles. The van der Waals surface area contributed by atoms with Crippen molar-refractivity contribution in [3.8, 4) is 0 Å². The molecular formula is C13H13Br2N3. The van der Waals surface area contributed by atoms with Crippen molar-refractivity contribution >= 4 is 43.4 Å². The number of anilines is 2. The van der Waals surface area contributed by atoms with Crippen molar-refractivity contribution in [2.75, 3.05) is 11.1 Å². The molecule has 0 unspecified atom stereocenters. The zero-order valence-corrected chi connectivity index (χ0v) is 13.0. The van der Waals surface area contributed by atoms with Gasteiger partial charge in [-0.05, 0) is 62.0 Å². The van der Waals surface area contributed by atoms with Crippen molar-refractivity contribution in [3.05, 3.63) is 50.5 Å². The highest BCUT2D eigenvalue weighted by atomic mass is 79.9. The fourth-order valence-electron chi connectivity index (χ4n) is 1.62. The maximum atomic E-state index is 5.88. The lowest BCUT2D eigenvalue weighted by Gasteiger charge is -2.11. The number of nitrogen functional groups attached to an aromatic ring is 1. The largest absolute Gasteiger partial charge is 0.399 e. The van der Waals surface area contributed by atoms with Gasteiger partial charge < -0.3 is 11.1 Å². The first-order valence-corrected chi connectivity index (χ1v) is 7.05. The van der Waals surface area contributed by atoms with E-state index in [4.69, 9.17) is 5.73 Å². The molecule has 0 radical (unpaired) electrons. The number of aromatic nitrogens is 1. The van der Waals surface area contributed by atoms with Gasteiger partial charge in [0.25, 0.3) is 0 Å². The highest BCUT2D eigenvalue weighted by Crippen LogP contribution is 2.24. The molecule has 0 atom stereocenters. The van der Waals surface area contributed by atoms with Crippen molar-refractivity contribution in [2.45, 2.75) is 13.5 Å². The zero-order chi connectivity index (χ0) is 13.1. The number of nitrogens with one attached hydrogen (secondary N) is 1. The number of pyridine rings is 1. The number of nitrogens with two attached hydrogens (primary N) is 1. The Morgan fingerprint density at radius 2 is 2.11 bits per heavy atom. The van der Waals surface area contributed by atoms with E-state index < -0.39 is 0 Å². The number of halogens is 2. The first-order chi connectivity index (χ1) is 8.58. The van der Waals surface area contributed by atoms with Gasteiger partial charge in [-0.3, -0.25) is 0 Å². The topological polar surface area (TPSA) is 50.9 Å². The second-order valence-electron chi connectivity index (χ2n) is 3.97. The predicted octanol–water partition coefficient (Wildman–Crippen LogP) is 4.11. The van der Waals surface area contributed by atoms with E-state index in [0.29, 0.717) is 6.54 Å². The molecular weight excluding hydrogens is 358 g/mol. The molecule has 1 aromatic heterocycles. The van der Waals surface area contributed by atoms with Crippen LogP contribution >= 0.6 is 31.9 Å². The smallest absolute Gasteiger partial charge is 0.140 e. The molecule has 0 saturated carbocycles. The summed E-state index contributed by atoms with van der Waals surface area (Å²) in [6.07, 6.45) is 1.76. The Morgan fingerprint density at radius 1 is 1.33 bits per heavy atom. The van der Waals surface area contributed by atoms with Crippen molar-refractivity contribution in [1.82, 2.24) is 4.98 Å². The third-order valence-electron chi connectivity index (χ3n) is 2.74. The molecule has 0 aliphatic heterocycles. The summed E-state index contributed by atoms with van der Waals surface area (Å²) in [5, 5.41) is 3.29. The van der Waals surface area contributed by atoms with E-state index in [0.717, 1.165) is 26.0 Å². The van der Waals surface area contributed by atoms with Crippen molar-refractivity contribution in [3.63, 3.8) is 0 Å². The summed E-state index contributed by atoms with van der Waals surface area (Å²) >= 11 is 6.85. The molecule has 2 aromatic rings. The molecule has 0 spiro atoms. The van der Waals surface area contributed by atoms with Gasteiger partial charge in [0.1, 0.15) is 5.82 Å². The van der Waals surface area contributed by atoms with Crippen LogP contribution in [0.15, 0.2) is 39.4 Å². The highest BCUT2D eigenvalue weighted by Gasteiger charge is 2.04. The van der Waals surface area contributed by atoms with Crippen LogP contribution < -0.4 is 11.1 Å². The van der Waals surface area contributed by atoms with E-state index in [1.54, 1.807) is 6.20 Å². The van der Waals surface area contributed by atoms with Crippen LogP contribution in [-0.2, 0) is 6.54 Å². The van der Waals surface area contributed by atoms with Crippen LogP contribution in [0.4, 0.5) is 11.5 Å². The van der Waals surface area contributed by atoms with Crippen molar-refractivity contribution < 1.29 is 0 Å². The van der Waals surface area contributed by atoms with Gasteiger partial charge in [0, 0.05) is 22.9 Å². The second kappa shape index (κ2) is 5.71. The minimum atomic E-state index is 0.699. The van der Waals surface area contributed by atoms with Crippen molar-refractivity contribution in [1.29, 1.82) is 0 Å². The van der Waals surface area contributed by atoms with E-state index in [1.807, 2.05) is 25.1 Å². The van der Waals surface area contributed by atoms with Gasteiger partial charge in [-0.25, -0.2) is 4.98 Å². The third kappa shape index (κ3) is 3.03. The highest BCUT2D eigenvalue weighted by molar-refractivity contribution is 9.11. The summed E-state index contributed by atoms with van der Waals surface area (Å²) in [7, 11) is 0. The third-order valence-corrected chi connectivity index (χ3v) is 3.78. The van der Waals surface area contributed by atoms with Crippen LogP contribution in [0.5, 0.6) is 0 Å². The van der Waals surface area contributed by atoms with Crippen LogP contribution in [-0.4, -0.2) is 4.98 Å². The summed E-state index contributed by atoms with van der Waals surface area (Å²) < 4.78 is 1.87. The average molecular weight is 371 g/mol. The molecule has 5 heteroatoms. The predicted molar refractivity (Wildman–Crippen MR) is 82.6 cm³/mol. The van der Waals surface area contributed by atoms with Crippen LogP contribution in [0.1, 0.15) is 11.1 Å². The maximum Gasteiger partial charge on any atom is 0.140 e. The molecule has 0 amide bonds. The summed E-state index contributed by atoms with van der Waals surface area (Å²) in [5.41, 5.74) is 8.98. The number of rotatable bonds is 3. The van der Waals surface area contributed by atoms with Crippen molar-refractivity contribution in [2.24, 2.45) is 0 Å². The van der Waals surface area contributed by atoms with Crippen LogP contribution in [0.25, 0.3) is 0 Å². The molecule has 0 bridgehead atoms. The van der Waals surface area contributed by atoms with Gasteiger partial charge in [0.2, 0.25) is 0 Å². The normalized spacial score (nSPS) is 10.4. The lowest BCUT2D eigenvalue weighted by Crippen LogP contribution is -2.05. The lowest BCUT2D eigenvalue weighted by molar-refractivity contribution is 1.08. The summed E-state index contributed by atoms with van der Waals surface area (Å²) in [6.45, 7) is 2.72. The Morgan fingerprint density at radius 3 is 2.83 bits per heavy atom. The Bertz CT molecular complexity index is 570. The molecule has 0 fully saturated rings. The van der Waals surface area contributed by atoms with Gasteiger partial charge in [0.05, 0.1) is 4.47 Å². The monoisotopic (exact) mass is 369 g/mol. The maximum absolute atomic E-state index is 5.88. The number of benzene rings is 1. The average Bonchev–Trinajstić information content (AvgIpc) is 2.33. The fourth-order valence-corrected chi connectivity index (χ4v) is 2.75. The van der Waals surface area contributed by atoms with Crippen LogP contribution in [0.2, 0.25) is 0 Å². The molecule has 2 rings (SSSR count). The molecule has 94 valence electrons. The summed E-state index contributed by atoms with van der Waals surface area (Å²) in [4.78, 5) is 4.31. The number of hydrogen-bond acceptors (Lipinski definition) is 3. The van der Waals surface area contributed by atoms with Crippen LogP contribution in [0, 0.1) is 6.92 Å².